The molecule has 0 radical (unpaired) electrons. The number of carbonyl (C=O) groups is 2. The first-order chi connectivity index (χ1) is 9.08. The van der Waals surface area contributed by atoms with Crippen LogP contribution in [0.5, 0.6) is 0 Å². The van der Waals surface area contributed by atoms with E-state index in [1.165, 1.54) is 0 Å². The van der Waals surface area contributed by atoms with Gasteiger partial charge in [0.15, 0.2) is 11.6 Å². The van der Waals surface area contributed by atoms with Crippen molar-refractivity contribution >= 4 is 23.2 Å². The van der Waals surface area contributed by atoms with Gasteiger partial charge in [-0.15, -0.1) is 0 Å². The molecule has 1 unspecified atom stereocenters. The first-order valence-corrected chi connectivity index (χ1v) is 6.30. The molecule has 2 aromatic rings. The topological polar surface area (TPSA) is 52.0 Å². The Kier molecular flexibility index (Phi) is 2.75. The van der Waals surface area contributed by atoms with Crippen molar-refractivity contribution < 1.29 is 9.59 Å². The van der Waals surface area contributed by atoms with Crippen molar-refractivity contribution in [2.24, 2.45) is 13.0 Å². The van der Waals surface area contributed by atoms with Crippen molar-refractivity contribution in [2.45, 2.75) is 6.42 Å². The van der Waals surface area contributed by atoms with Gasteiger partial charge in [0.25, 0.3) is 0 Å². The van der Waals surface area contributed by atoms with Gasteiger partial charge in [-0.25, -0.2) is 4.98 Å². The summed E-state index contributed by atoms with van der Waals surface area (Å²) in [5.41, 5.74) is 1.43. The molecule has 19 heavy (non-hydrogen) atoms. The molecule has 0 spiro atoms. The normalized spacial score (nSPS) is 17.6. The fourth-order valence-electron chi connectivity index (χ4n) is 2.44. The van der Waals surface area contributed by atoms with Gasteiger partial charge >= 0.3 is 0 Å². The zero-order chi connectivity index (χ0) is 13.6. The van der Waals surface area contributed by atoms with E-state index in [0.717, 1.165) is 5.56 Å². The molecule has 1 aromatic heterocycles. The molecule has 96 valence electrons. The van der Waals surface area contributed by atoms with Gasteiger partial charge in [-0.3, -0.25) is 9.59 Å². The lowest BCUT2D eigenvalue weighted by Gasteiger charge is -2.06. The minimum Gasteiger partial charge on any atom is -0.332 e. The van der Waals surface area contributed by atoms with Crippen LogP contribution in [0.1, 0.15) is 26.5 Å². The van der Waals surface area contributed by atoms with Crippen molar-refractivity contribution in [3.63, 3.8) is 0 Å². The maximum absolute atomic E-state index is 12.4. The summed E-state index contributed by atoms with van der Waals surface area (Å²) in [7, 11) is 1.74. The first kappa shape index (κ1) is 12.1. The number of aryl methyl sites for hydroxylation is 1. The summed E-state index contributed by atoms with van der Waals surface area (Å²) in [6.07, 6.45) is 3.65. The van der Waals surface area contributed by atoms with E-state index < -0.39 is 5.92 Å². The molecule has 0 aliphatic heterocycles. The summed E-state index contributed by atoms with van der Waals surface area (Å²) >= 11 is 5.91. The lowest BCUT2D eigenvalue weighted by Crippen LogP contribution is -2.23. The van der Waals surface area contributed by atoms with Gasteiger partial charge in [-0.1, -0.05) is 11.6 Å². The molecule has 1 aromatic carbocycles. The molecule has 3 rings (SSSR count). The highest BCUT2D eigenvalue weighted by Crippen LogP contribution is 2.30. The molecule has 1 atom stereocenters. The Morgan fingerprint density at radius 2 is 2.26 bits per heavy atom. The zero-order valence-corrected chi connectivity index (χ0v) is 11.0. The van der Waals surface area contributed by atoms with E-state index in [9.17, 15) is 9.59 Å². The number of halogens is 1. The van der Waals surface area contributed by atoms with Gasteiger partial charge in [0.05, 0.1) is 5.92 Å². The second-order valence-electron chi connectivity index (χ2n) is 4.65. The molecule has 0 bridgehead atoms. The summed E-state index contributed by atoms with van der Waals surface area (Å²) in [5, 5.41) is 0.580. The van der Waals surface area contributed by atoms with Crippen LogP contribution in [0.3, 0.4) is 0 Å². The first-order valence-electron chi connectivity index (χ1n) is 5.92. The highest BCUT2D eigenvalue weighted by Gasteiger charge is 2.37. The third kappa shape index (κ3) is 1.88. The van der Waals surface area contributed by atoms with Crippen LogP contribution in [0.4, 0.5) is 0 Å². The molecule has 4 nitrogen and oxygen atoms in total. The van der Waals surface area contributed by atoms with Crippen LogP contribution in [0, 0.1) is 5.92 Å². The molecule has 1 aliphatic carbocycles. The van der Waals surface area contributed by atoms with Crippen LogP contribution >= 0.6 is 11.6 Å². The molecule has 5 heteroatoms. The largest absolute Gasteiger partial charge is 0.332 e. The number of aromatic nitrogens is 2. The fourth-order valence-corrected chi connectivity index (χ4v) is 2.64. The highest BCUT2D eigenvalue weighted by atomic mass is 35.5. The van der Waals surface area contributed by atoms with Crippen molar-refractivity contribution in [3.8, 4) is 0 Å². The number of rotatable bonds is 2. The average molecular weight is 275 g/mol. The van der Waals surface area contributed by atoms with E-state index in [0.29, 0.717) is 22.8 Å². The quantitative estimate of drug-likeness (QED) is 0.624. The predicted octanol–water partition coefficient (Wildman–Crippen LogP) is 2.31. The van der Waals surface area contributed by atoms with Crippen LogP contribution in [-0.4, -0.2) is 21.1 Å². The molecule has 0 fully saturated rings. The minimum absolute atomic E-state index is 0.139. The third-order valence-electron chi connectivity index (χ3n) is 3.43. The summed E-state index contributed by atoms with van der Waals surface area (Å²) < 4.78 is 1.63. The summed E-state index contributed by atoms with van der Waals surface area (Å²) in [4.78, 5) is 28.6. The molecular formula is C14H11ClN2O2. The minimum atomic E-state index is -0.672. The monoisotopic (exact) mass is 274 g/mol. The summed E-state index contributed by atoms with van der Waals surface area (Å²) in [6, 6.07) is 5.11. The van der Waals surface area contributed by atoms with Gasteiger partial charge in [0, 0.05) is 30.0 Å². The van der Waals surface area contributed by atoms with E-state index in [1.807, 2.05) is 0 Å². The van der Waals surface area contributed by atoms with Gasteiger partial charge < -0.3 is 4.57 Å². The SMILES string of the molecule is Cn1ccnc1C(=O)C1Cc2cc(Cl)ccc2C1=O. The van der Waals surface area contributed by atoms with Gasteiger partial charge in [-0.05, 0) is 30.2 Å². The Hall–Kier alpha value is -1.94. The van der Waals surface area contributed by atoms with E-state index in [2.05, 4.69) is 4.98 Å². The molecule has 0 saturated carbocycles. The van der Waals surface area contributed by atoms with Crippen LogP contribution in [0.25, 0.3) is 0 Å². The number of Topliss-reactive ketones (excluding diaryl/α,β-unsaturated/α-hetero) is 2. The average Bonchev–Trinajstić information content (AvgIpc) is 2.93. The Labute approximate surface area is 115 Å². The molecule has 1 heterocycles. The molecule has 1 aliphatic rings. The summed E-state index contributed by atoms with van der Waals surface area (Å²) in [5.74, 6) is -0.726. The van der Waals surface area contributed by atoms with Crippen LogP contribution in [0.2, 0.25) is 5.02 Å². The lowest BCUT2D eigenvalue weighted by molar-refractivity contribution is 0.0814. The third-order valence-corrected chi connectivity index (χ3v) is 3.67. The maximum atomic E-state index is 12.4. The lowest BCUT2D eigenvalue weighted by atomic mass is 9.99. The Morgan fingerprint density at radius 3 is 2.95 bits per heavy atom. The van der Waals surface area contributed by atoms with Crippen LogP contribution < -0.4 is 0 Å². The smallest absolute Gasteiger partial charge is 0.209 e. The zero-order valence-electron chi connectivity index (χ0n) is 10.3. The molecule has 0 saturated heterocycles. The van der Waals surface area contributed by atoms with Crippen LogP contribution in [-0.2, 0) is 13.5 Å². The van der Waals surface area contributed by atoms with Crippen molar-refractivity contribution in [1.29, 1.82) is 0 Å². The predicted molar refractivity (Wildman–Crippen MR) is 70.5 cm³/mol. The van der Waals surface area contributed by atoms with Gasteiger partial charge in [-0.2, -0.15) is 0 Å². The van der Waals surface area contributed by atoms with Crippen LogP contribution in [0.15, 0.2) is 30.6 Å². The number of hydrogen-bond donors (Lipinski definition) is 0. The number of hydrogen-bond acceptors (Lipinski definition) is 3. The second-order valence-corrected chi connectivity index (χ2v) is 5.08. The van der Waals surface area contributed by atoms with E-state index in [1.54, 1.807) is 42.2 Å². The highest BCUT2D eigenvalue weighted by molar-refractivity contribution is 6.31. The van der Waals surface area contributed by atoms with Crippen molar-refractivity contribution in [2.75, 3.05) is 0 Å². The van der Waals surface area contributed by atoms with Gasteiger partial charge in [0.1, 0.15) is 0 Å². The fraction of sp³-hybridized carbons (Fsp3) is 0.214. The molecular weight excluding hydrogens is 264 g/mol. The van der Waals surface area contributed by atoms with E-state index >= 15 is 0 Å². The maximum Gasteiger partial charge on any atom is 0.209 e. The Balaban J connectivity index is 1.96. The standard InChI is InChI=1S/C14H11ClN2O2/c1-17-5-4-16-14(17)13(19)11-7-8-6-9(15)2-3-10(8)12(11)18/h2-6,11H,7H2,1H3. The van der Waals surface area contributed by atoms with E-state index in [-0.39, 0.29) is 11.6 Å². The number of ketones is 2. The van der Waals surface area contributed by atoms with Crippen molar-refractivity contribution in [3.05, 3.63) is 52.6 Å². The van der Waals surface area contributed by atoms with E-state index in [4.69, 9.17) is 11.6 Å². The molecule has 0 N–H and O–H groups in total. The van der Waals surface area contributed by atoms with Gasteiger partial charge in [0.2, 0.25) is 5.78 Å². The number of imidazole rings is 1. The second kappa shape index (κ2) is 4.31. The Bertz CT molecular complexity index is 691. The van der Waals surface area contributed by atoms with Crippen molar-refractivity contribution in [1.82, 2.24) is 9.55 Å². The Morgan fingerprint density at radius 1 is 1.47 bits per heavy atom. The number of benzene rings is 1. The summed E-state index contributed by atoms with van der Waals surface area (Å²) in [6.45, 7) is 0. The molecule has 0 amide bonds. The number of nitrogens with zero attached hydrogens (tertiary/aromatic N) is 2. The number of carbonyl (C=O) groups excluding carboxylic acids is 2. The number of fused-ring (bicyclic) bond motifs is 1.